The van der Waals surface area contributed by atoms with Crippen molar-refractivity contribution < 1.29 is 27.9 Å². The molecular formula is C9H7F3N2O3. The molecule has 0 aliphatic rings. The second-order valence-corrected chi connectivity index (χ2v) is 3.00. The standard InChI is InChI=1S/C9H7F3N2O3/c10-9(11,12)5-1-2-13-6(3-5)8(17)14-4-7(15)16/h1-3H,4H2,(H,14,17)(H,15,16). The van der Waals surface area contributed by atoms with E-state index in [0.717, 1.165) is 6.20 Å². The minimum atomic E-state index is -4.58. The van der Waals surface area contributed by atoms with Crippen LogP contribution in [0.4, 0.5) is 13.2 Å². The minimum absolute atomic E-state index is 0.485. The summed E-state index contributed by atoms with van der Waals surface area (Å²) in [5.74, 6) is -2.27. The third kappa shape index (κ3) is 3.74. The Morgan fingerprint density at radius 1 is 1.41 bits per heavy atom. The average Bonchev–Trinajstić information content (AvgIpc) is 2.25. The van der Waals surface area contributed by atoms with Crippen molar-refractivity contribution in [1.82, 2.24) is 10.3 Å². The van der Waals surface area contributed by atoms with Crippen molar-refractivity contribution in [2.75, 3.05) is 6.54 Å². The number of halogens is 3. The molecule has 0 aliphatic carbocycles. The molecule has 5 nitrogen and oxygen atoms in total. The summed E-state index contributed by atoms with van der Waals surface area (Å²) in [6.45, 7) is -0.684. The van der Waals surface area contributed by atoms with Gasteiger partial charge in [0.25, 0.3) is 5.91 Å². The Bertz CT molecular complexity index is 445. The molecule has 0 atom stereocenters. The van der Waals surface area contributed by atoms with Crippen LogP contribution in [0.1, 0.15) is 16.1 Å². The summed E-state index contributed by atoms with van der Waals surface area (Å²) in [4.78, 5) is 24.8. The third-order valence-electron chi connectivity index (χ3n) is 1.72. The van der Waals surface area contributed by atoms with E-state index in [2.05, 4.69) is 4.98 Å². The van der Waals surface area contributed by atoms with Crippen molar-refractivity contribution in [3.8, 4) is 0 Å². The fraction of sp³-hybridized carbons (Fsp3) is 0.222. The number of carbonyl (C=O) groups is 2. The molecule has 0 saturated carbocycles. The Kier molecular flexibility index (Phi) is 3.66. The molecule has 0 unspecified atom stereocenters. The van der Waals surface area contributed by atoms with Gasteiger partial charge in [-0.15, -0.1) is 0 Å². The van der Waals surface area contributed by atoms with Gasteiger partial charge in [0.2, 0.25) is 0 Å². The maximum atomic E-state index is 12.3. The lowest BCUT2D eigenvalue weighted by molar-refractivity contribution is -0.138. The zero-order valence-corrected chi connectivity index (χ0v) is 8.28. The molecule has 2 N–H and O–H groups in total. The highest BCUT2D eigenvalue weighted by Gasteiger charge is 2.31. The summed E-state index contributed by atoms with van der Waals surface area (Å²) >= 11 is 0. The molecular weight excluding hydrogens is 241 g/mol. The van der Waals surface area contributed by atoms with Crippen LogP contribution < -0.4 is 5.32 Å². The molecule has 1 aromatic heterocycles. The number of nitrogens with zero attached hydrogens (tertiary/aromatic N) is 1. The number of alkyl halides is 3. The van der Waals surface area contributed by atoms with Gasteiger partial charge in [-0.05, 0) is 12.1 Å². The molecule has 0 aromatic carbocycles. The van der Waals surface area contributed by atoms with E-state index in [1.165, 1.54) is 0 Å². The maximum absolute atomic E-state index is 12.3. The second kappa shape index (κ2) is 4.81. The lowest BCUT2D eigenvalue weighted by Crippen LogP contribution is -2.30. The first kappa shape index (κ1) is 12.9. The van der Waals surface area contributed by atoms with E-state index in [9.17, 15) is 22.8 Å². The van der Waals surface area contributed by atoms with Crippen molar-refractivity contribution in [3.63, 3.8) is 0 Å². The molecule has 1 amide bonds. The largest absolute Gasteiger partial charge is 0.480 e. The molecule has 1 heterocycles. The van der Waals surface area contributed by atoms with Crippen LogP contribution in [-0.4, -0.2) is 28.5 Å². The summed E-state index contributed by atoms with van der Waals surface area (Å²) in [5.41, 5.74) is -1.51. The van der Waals surface area contributed by atoms with Gasteiger partial charge in [-0.25, -0.2) is 0 Å². The van der Waals surface area contributed by atoms with E-state index in [4.69, 9.17) is 5.11 Å². The van der Waals surface area contributed by atoms with Crippen molar-refractivity contribution in [3.05, 3.63) is 29.6 Å². The molecule has 1 aromatic rings. The molecule has 1 rings (SSSR count). The Labute approximate surface area is 93.3 Å². The predicted molar refractivity (Wildman–Crippen MR) is 49.2 cm³/mol. The Morgan fingerprint density at radius 2 is 2.06 bits per heavy atom. The zero-order chi connectivity index (χ0) is 13.1. The highest BCUT2D eigenvalue weighted by molar-refractivity contribution is 5.94. The van der Waals surface area contributed by atoms with Crippen LogP contribution in [0.2, 0.25) is 0 Å². The molecule has 0 bridgehead atoms. The lowest BCUT2D eigenvalue weighted by atomic mass is 10.2. The maximum Gasteiger partial charge on any atom is 0.416 e. The molecule has 17 heavy (non-hydrogen) atoms. The summed E-state index contributed by atoms with van der Waals surface area (Å²) < 4.78 is 36.9. The molecule has 8 heteroatoms. The van der Waals surface area contributed by atoms with Crippen molar-refractivity contribution >= 4 is 11.9 Å². The number of pyridine rings is 1. The fourth-order valence-electron chi connectivity index (χ4n) is 0.977. The lowest BCUT2D eigenvalue weighted by Gasteiger charge is -2.07. The summed E-state index contributed by atoms with van der Waals surface area (Å²) in [5, 5.41) is 10.2. The van der Waals surface area contributed by atoms with Crippen molar-refractivity contribution in [1.29, 1.82) is 0 Å². The molecule has 0 fully saturated rings. The number of rotatable bonds is 3. The van der Waals surface area contributed by atoms with Crippen LogP contribution in [0.5, 0.6) is 0 Å². The van der Waals surface area contributed by atoms with Gasteiger partial charge in [-0.2, -0.15) is 13.2 Å². The zero-order valence-electron chi connectivity index (χ0n) is 8.28. The van der Waals surface area contributed by atoms with Crippen LogP contribution in [0, 0.1) is 0 Å². The number of carbonyl (C=O) groups excluding carboxylic acids is 1. The number of amides is 1. The van der Waals surface area contributed by atoms with Gasteiger partial charge in [0.15, 0.2) is 0 Å². The van der Waals surface area contributed by atoms with Crippen LogP contribution in [-0.2, 0) is 11.0 Å². The molecule has 0 saturated heterocycles. The third-order valence-corrected chi connectivity index (χ3v) is 1.72. The van der Waals surface area contributed by atoms with Crippen LogP contribution >= 0.6 is 0 Å². The van der Waals surface area contributed by atoms with Crippen LogP contribution in [0.25, 0.3) is 0 Å². The smallest absolute Gasteiger partial charge is 0.416 e. The number of carboxylic acid groups (broad SMARTS) is 1. The van der Waals surface area contributed by atoms with Crippen LogP contribution in [0.3, 0.4) is 0 Å². The summed E-state index contributed by atoms with van der Waals surface area (Å²) in [6.07, 6.45) is -3.75. The predicted octanol–water partition coefficient (Wildman–Crippen LogP) is 0.915. The Morgan fingerprint density at radius 3 is 2.59 bits per heavy atom. The first-order valence-corrected chi connectivity index (χ1v) is 4.34. The first-order chi connectivity index (χ1) is 7.80. The van der Waals surface area contributed by atoms with Crippen molar-refractivity contribution in [2.24, 2.45) is 0 Å². The van der Waals surface area contributed by atoms with E-state index >= 15 is 0 Å². The average molecular weight is 248 g/mol. The topological polar surface area (TPSA) is 79.3 Å². The number of carboxylic acids is 1. The van der Waals surface area contributed by atoms with Crippen molar-refractivity contribution in [2.45, 2.75) is 6.18 Å². The number of aliphatic carboxylic acids is 1. The Balaban J connectivity index is 2.85. The highest BCUT2D eigenvalue weighted by atomic mass is 19.4. The highest BCUT2D eigenvalue weighted by Crippen LogP contribution is 2.28. The van der Waals surface area contributed by atoms with Gasteiger partial charge in [0.05, 0.1) is 5.56 Å². The van der Waals surface area contributed by atoms with E-state index in [0.29, 0.717) is 12.1 Å². The van der Waals surface area contributed by atoms with E-state index in [1.54, 1.807) is 0 Å². The van der Waals surface area contributed by atoms with Gasteiger partial charge in [-0.1, -0.05) is 0 Å². The normalized spacial score (nSPS) is 11.0. The summed E-state index contributed by atoms with van der Waals surface area (Å²) in [6, 6.07) is 1.27. The van der Waals surface area contributed by atoms with Gasteiger partial charge >= 0.3 is 12.1 Å². The van der Waals surface area contributed by atoms with Crippen LogP contribution in [0.15, 0.2) is 18.3 Å². The summed E-state index contributed by atoms with van der Waals surface area (Å²) in [7, 11) is 0. The molecule has 92 valence electrons. The van der Waals surface area contributed by atoms with E-state index in [1.807, 2.05) is 5.32 Å². The van der Waals surface area contributed by atoms with Gasteiger partial charge < -0.3 is 10.4 Å². The SMILES string of the molecule is O=C(O)CNC(=O)c1cc(C(F)(F)F)ccn1. The number of aromatic nitrogens is 1. The van der Waals surface area contributed by atoms with E-state index < -0.39 is 35.9 Å². The quantitative estimate of drug-likeness (QED) is 0.833. The molecule has 0 aliphatic heterocycles. The molecule has 0 spiro atoms. The second-order valence-electron chi connectivity index (χ2n) is 3.00. The van der Waals surface area contributed by atoms with Gasteiger partial charge in [-0.3, -0.25) is 14.6 Å². The fourth-order valence-corrected chi connectivity index (χ4v) is 0.977. The van der Waals surface area contributed by atoms with Gasteiger partial charge in [0, 0.05) is 6.20 Å². The monoisotopic (exact) mass is 248 g/mol. The number of nitrogens with one attached hydrogen (secondary N) is 1. The minimum Gasteiger partial charge on any atom is -0.480 e. The molecule has 0 radical (unpaired) electrons. The number of hydrogen-bond donors (Lipinski definition) is 2. The van der Waals surface area contributed by atoms with E-state index in [-0.39, 0.29) is 0 Å². The number of hydrogen-bond acceptors (Lipinski definition) is 3. The first-order valence-electron chi connectivity index (χ1n) is 4.34. The Hall–Kier alpha value is -2.12. The van der Waals surface area contributed by atoms with Gasteiger partial charge in [0.1, 0.15) is 12.2 Å².